The topological polar surface area (TPSA) is 58.2 Å². The molecule has 4 aromatic carbocycles. The highest BCUT2D eigenvalue weighted by molar-refractivity contribution is 6.02. The summed E-state index contributed by atoms with van der Waals surface area (Å²) in [5, 5.41) is 6.18. The van der Waals surface area contributed by atoms with E-state index in [2.05, 4.69) is 34.9 Å². The van der Waals surface area contributed by atoms with Crippen molar-refractivity contribution in [3.8, 4) is 0 Å². The van der Waals surface area contributed by atoms with Gasteiger partial charge in [-0.15, -0.1) is 0 Å². The first-order chi connectivity index (χ1) is 16.7. The van der Waals surface area contributed by atoms with E-state index in [9.17, 15) is 9.59 Å². The Balaban J connectivity index is 1.48. The van der Waals surface area contributed by atoms with E-state index >= 15 is 0 Å². The monoisotopic (exact) mass is 444 g/mol. The van der Waals surface area contributed by atoms with Crippen molar-refractivity contribution in [2.45, 2.75) is 11.8 Å². The van der Waals surface area contributed by atoms with Crippen molar-refractivity contribution in [1.29, 1.82) is 0 Å². The van der Waals surface area contributed by atoms with E-state index in [1.165, 1.54) is 0 Å². The van der Waals surface area contributed by atoms with Gasteiger partial charge in [0, 0.05) is 23.2 Å². The highest BCUT2D eigenvalue weighted by Gasteiger charge is 2.55. The summed E-state index contributed by atoms with van der Waals surface area (Å²) >= 11 is 0. The standard InChI is InChI=1S/C30H24N2O2/c33-29(31-19-11-3-1-4-12-19)27-25-21-15-7-9-17-23(21)26(24-18-10-8-16-22(24)25)28(27)30(34)32-20-13-5-2-6-14-20/h1-18,25-28H,(H,31,33)(H,32,34). The van der Waals surface area contributed by atoms with Crippen LogP contribution in [0.2, 0.25) is 0 Å². The molecule has 0 radical (unpaired) electrons. The third kappa shape index (κ3) is 3.30. The van der Waals surface area contributed by atoms with Crippen LogP contribution in [0, 0.1) is 11.8 Å². The molecule has 34 heavy (non-hydrogen) atoms. The van der Waals surface area contributed by atoms with Crippen molar-refractivity contribution < 1.29 is 9.59 Å². The van der Waals surface area contributed by atoms with E-state index in [1.807, 2.05) is 84.9 Å². The lowest BCUT2D eigenvalue weighted by atomic mass is 9.53. The van der Waals surface area contributed by atoms with Crippen molar-refractivity contribution in [3.63, 3.8) is 0 Å². The Morgan fingerprint density at radius 2 is 0.735 bits per heavy atom. The molecule has 0 aromatic heterocycles. The molecule has 3 aliphatic rings. The molecule has 0 heterocycles. The Bertz CT molecular complexity index is 1210. The molecule has 4 aromatic rings. The van der Waals surface area contributed by atoms with E-state index < -0.39 is 11.8 Å². The lowest BCUT2D eigenvalue weighted by Crippen LogP contribution is -2.50. The number of carbonyl (C=O) groups is 2. The minimum absolute atomic E-state index is 0.126. The van der Waals surface area contributed by atoms with Crippen molar-refractivity contribution >= 4 is 23.2 Å². The van der Waals surface area contributed by atoms with Gasteiger partial charge in [-0.2, -0.15) is 0 Å². The second kappa shape index (κ2) is 8.31. The molecule has 2 bridgehead atoms. The minimum atomic E-state index is -0.529. The number of hydrogen-bond donors (Lipinski definition) is 2. The summed E-state index contributed by atoms with van der Waals surface area (Å²) in [6.07, 6.45) is 0. The first-order valence-electron chi connectivity index (χ1n) is 11.6. The van der Waals surface area contributed by atoms with Gasteiger partial charge >= 0.3 is 0 Å². The van der Waals surface area contributed by atoms with Gasteiger partial charge in [-0.25, -0.2) is 0 Å². The van der Waals surface area contributed by atoms with Crippen molar-refractivity contribution in [3.05, 3.63) is 131 Å². The molecule has 2 amide bonds. The Hall–Kier alpha value is -4.18. The van der Waals surface area contributed by atoms with Gasteiger partial charge in [0.15, 0.2) is 0 Å². The van der Waals surface area contributed by atoms with Gasteiger partial charge in [-0.1, -0.05) is 84.9 Å². The predicted octanol–water partition coefficient (Wildman–Crippen LogP) is 5.79. The number of anilines is 2. The average Bonchev–Trinajstić information content (AvgIpc) is 2.89. The molecule has 2 N–H and O–H groups in total. The van der Waals surface area contributed by atoms with Gasteiger partial charge < -0.3 is 10.6 Å². The zero-order valence-corrected chi connectivity index (χ0v) is 18.5. The van der Waals surface area contributed by atoms with Crippen LogP contribution < -0.4 is 10.6 Å². The molecule has 0 saturated heterocycles. The number of fused-ring (bicyclic) bond motifs is 1. The predicted molar refractivity (Wildman–Crippen MR) is 134 cm³/mol. The molecule has 0 aliphatic heterocycles. The van der Waals surface area contributed by atoms with E-state index in [0.29, 0.717) is 0 Å². The second-order valence-electron chi connectivity index (χ2n) is 8.98. The number of benzene rings is 4. The molecule has 0 fully saturated rings. The van der Waals surface area contributed by atoms with Gasteiger partial charge in [-0.3, -0.25) is 9.59 Å². The van der Waals surface area contributed by atoms with Crippen LogP contribution in [0.5, 0.6) is 0 Å². The summed E-state index contributed by atoms with van der Waals surface area (Å²) in [5.74, 6) is -1.69. The summed E-state index contributed by atoms with van der Waals surface area (Å²) in [6, 6.07) is 35.4. The third-order valence-corrected chi connectivity index (χ3v) is 7.13. The maximum atomic E-state index is 13.9. The first-order valence-corrected chi connectivity index (χ1v) is 11.6. The molecule has 4 heteroatoms. The highest BCUT2D eigenvalue weighted by atomic mass is 16.2. The van der Waals surface area contributed by atoms with Crippen LogP contribution in [-0.2, 0) is 9.59 Å². The Morgan fingerprint density at radius 3 is 1.06 bits per heavy atom. The molecule has 0 saturated carbocycles. The van der Waals surface area contributed by atoms with Gasteiger partial charge in [0.05, 0.1) is 11.8 Å². The molecule has 2 atom stereocenters. The first kappa shape index (κ1) is 20.4. The van der Waals surface area contributed by atoms with Crippen LogP contribution in [0.15, 0.2) is 109 Å². The molecular weight excluding hydrogens is 420 g/mol. The van der Waals surface area contributed by atoms with Gasteiger partial charge in [0.1, 0.15) is 0 Å². The number of amides is 2. The molecule has 2 unspecified atom stereocenters. The summed E-state index contributed by atoms with van der Waals surface area (Å²) in [5.41, 5.74) is 6.04. The van der Waals surface area contributed by atoms with Gasteiger partial charge in [0.2, 0.25) is 11.8 Å². The number of rotatable bonds is 4. The van der Waals surface area contributed by atoms with Gasteiger partial charge in [-0.05, 0) is 46.5 Å². The number of para-hydroxylation sites is 2. The maximum absolute atomic E-state index is 13.9. The fourth-order valence-electron chi connectivity index (χ4n) is 5.80. The van der Waals surface area contributed by atoms with Crippen LogP contribution in [0.4, 0.5) is 11.4 Å². The fraction of sp³-hybridized carbons (Fsp3) is 0.133. The zero-order chi connectivity index (χ0) is 23.1. The van der Waals surface area contributed by atoms with Crippen LogP contribution in [-0.4, -0.2) is 11.8 Å². The number of hydrogen-bond acceptors (Lipinski definition) is 2. The van der Waals surface area contributed by atoms with Crippen LogP contribution in [0.3, 0.4) is 0 Å². The fourth-order valence-corrected chi connectivity index (χ4v) is 5.80. The minimum Gasteiger partial charge on any atom is -0.326 e. The quantitative estimate of drug-likeness (QED) is 0.419. The lowest BCUT2D eigenvalue weighted by Gasteiger charge is -2.49. The largest absolute Gasteiger partial charge is 0.326 e. The summed E-state index contributed by atoms with van der Waals surface area (Å²) in [7, 11) is 0. The molecular formula is C30H24N2O2. The average molecular weight is 445 g/mol. The molecule has 0 spiro atoms. The smallest absolute Gasteiger partial charge is 0.229 e. The van der Waals surface area contributed by atoms with Crippen LogP contribution in [0.25, 0.3) is 0 Å². The molecule has 3 aliphatic carbocycles. The van der Waals surface area contributed by atoms with Crippen LogP contribution >= 0.6 is 0 Å². The van der Waals surface area contributed by atoms with Crippen molar-refractivity contribution in [2.75, 3.05) is 10.6 Å². The summed E-state index contributed by atoms with van der Waals surface area (Å²) in [6.45, 7) is 0. The Labute approximate surface area is 198 Å². The lowest BCUT2D eigenvalue weighted by molar-refractivity contribution is -0.131. The highest BCUT2D eigenvalue weighted by Crippen LogP contribution is 2.58. The number of nitrogens with one attached hydrogen (secondary N) is 2. The Morgan fingerprint density at radius 1 is 0.441 bits per heavy atom. The third-order valence-electron chi connectivity index (χ3n) is 7.13. The number of carbonyl (C=O) groups excluding carboxylic acids is 2. The van der Waals surface area contributed by atoms with Crippen LogP contribution in [0.1, 0.15) is 34.1 Å². The normalized spacial score (nSPS) is 21.8. The molecule has 4 nitrogen and oxygen atoms in total. The Kier molecular flexibility index (Phi) is 4.99. The van der Waals surface area contributed by atoms with E-state index in [4.69, 9.17) is 0 Å². The van der Waals surface area contributed by atoms with Gasteiger partial charge in [0.25, 0.3) is 0 Å². The summed E-state index contributed by atoms with van der Waals surface area (Å²) in [4.78, 5) is 27.7. The van der Waals surface area contributed by atoms with E-state index in [-0.39, 0.29) is 23.7 Å². The second-order valence-corrected chi connectivity index (χ2v) is 8.98. The van der Waals surface area contributed by atoms with Crippen molar-refractivity contribution in [2.24, 2.45) is 11.8 Å². The zero-order valence-electron chi connectivity index (χ0n) is 18.5. The SMILES string of the molecule is O=C(Nc1ccccc1)C1C2c3ccccc3C(c3ccccc32)C1C(=O)Nc1ccccc1. The van der Waals surface area contributed by atoms with E-state index in [0.717, 1.165) is 33.6 Å². The van der Waals surface area contributed by atoms with E-state index in [1.54, 1.807) is 0 Å². The molecule has 166 valence electrons. The summed E-state index contributed by atoms with van der Waals surface area (Å²) < 4.78 is 0. The molecule has 7 rings (SSSR count). The maximum Gasteiger partial charge on any atom is 0.229 e. The van der Waals surface area contributed by atoms with Crippen molar-refractivity contribution in [1.82, 2.24) is 0 Å².